The molecule has 0 aromatic heterocycles. The molecule has 0 atom stereocenters. The zero-order chi connectivity index (χ0) is 12.8. The summed E-state index contributed by atoms with van der Waals surface area (Å²) in [6.45, 7) is 0. The van der Waals surface area contributed by atoms with Crippen LogP contribution in [-0.4, -0.2) is 21.6 Å². The Labute approximate surface area is 106 Å². The molecule has 0 fully saturated rings. The molecule has 0 saturated heterocycles. The maximum absolute atomic E-state index is 10.7. The van der Waals surface area contributed by atoms with Gasteiger partial charge >= 0.3 is 5.69 Å². The van der Waals surface area contributed by atoms with Gasteiger partial charge in [0.15, 0.2) is 6.29 Å². The Kier molecular flexibility index (Phi) is 4.84. The number of rotatable bonds is 5. The predicted octanol–water partition coefficient (Wildman–Crippen LogP) is 2.91. The Morgan fingerprint density at radius 3 is 2.71 bits per heavy atom. The van der Waals surface area contributed by atoms with E-state index in [1.165, 1.54) is 12.1 Å². The Morgan fingerprint density at radius 1 is 1.47 bits per heavy atom. The molecule has 0 aliphatic rings. The van der Waals surface area contributed by atoms with Crippen LogP contribution in [0.15, 0.2) is 18.2 Å². The predicted molar refractivity (Wildman–Crippen MR) is 67.6 cm³/mol. The maximum atomic E-state index is 10.7. The summed E-state index contributed by atoms with van der Waals surface area (Å²) < 4.78 is 0. The molecule has 0 radical (unpaired) electrons. The fourth-order valence-electron chi connectivity index (χ4n) is 1.27. The van der Waals surface area contributed by atoms with Gasteiger partial charge in [0.1, 0.15) is 0 Å². The first kappa shape index (κ1) is 13.4. The standard InChI is InChI=1S/C11H10BrNO4/c12-4-2-1-3-8-5-9(7-14)11(15)10(6-8)13(16)17/h1,3,5-7,15H,2,4H2. The van der Waals surface area contributed by atoms with Crippen molar-refractivity contribution >= 4 is 34.0 Å². The van der Waals surface area contributed by atoms with E-state index < -0.39 is 16.4 Å². The summed E-state index contributed by atoms with van der Waals surface area (Å²) in [5.74, 6) is -0.595. The SMILES string of the molecule is O=Cc1cc(C=CCCBr)cc([N+](=O)[O-])c1O. The van der Waals surface area contributed by atoms with E-state index in [1.807, 2.05) is 6.08 Å². The number of aldehydes is 1. The first-order valence-electron chi connectivity index (χ1n) is 4.79. The first-order chi connectivity index (χ1) is 8.10. The number of hydrogen-bond acceptors (Lipinski definition) is 4. The number of carbonyl (C=O) groups excluding carboxylic acids is 1. The van der Waals surface area contributed by atoms with Crippen molar-refractivity contribution in [3.05, 3.63) is 39.4 Å². The van der Waals surface area contributed by atoms with Crippen LogP contribution in [0.5, 0.6) is 5.75 Å². The minimum absolute atomic E-state index is 0.0855. The zero-order valence-corrected chi connectivity index (χ0v) is 10.4. The van der Waals surface area contributed by atoms with E-state index in [0.29, 0.717) is 11.8 Å². The largest absolute Gasteiger partial charge is 0.502 e. The third-order valence-corrected chi connectivity index (χ3v) is 2.51. The number of allylic oxidation sites excluding steroid dienone is 1. The number of aromatic hydroxyl groups is 1. The van der Waals surface area contributed by atoms with Crippen LogP contribution >= 0.6 is 15.9 Å². The summed E-state index contributed by atoms with van der Waals surface area (Å²) in [6.07, 6.45) is 4.65. The molecule has 1 N–H and O–H groups in total. The maximum Gasteiger partial charge on any atom is 0.312 e. The Hall–Kier alpha value is -1.69. The molecule has 1 aromatic carbocycles. The van der Waals surface area contributed by atoms with E-state index >= 15 is 0 Å². The average Bonchev–Trinajstić information content (AvgIpc) is 2.30. The van der Waals surface area contributed by atoms with Crippen molar-refractivity contribution in [2.75, 3.05) is 5.33 Å². The van der Waals surface area contributed by atoms with Gasteiger partial charge in [0, 0.05) is 11.4 Å². The molecule has 0 saturated carbocycles. The van der Waals surface area contributed by atoms with Gasteiger partial charge in [-0.3, -0.25) is 14.9 Å². The van der Waals surface area contributed by atoms with Gasteiger partial charge < -0.3 is 5.11 Å². The summed E-state index contributed by atoms with van der Waals surface area (Å²) in [6, 6.07) is 2.63. The van der Waals surface area contributed by atoms with Gasteiger partial charge in [-0.05, 0) is 18.1 Å². The summed E-state index contributed by atoms with van der Waals surface area (Å²) in [7, 11) is 0. The fourth-order valence-corrected chi connectivity index (χ4v) is 1.54. The molecule has 6 heteroatoms. The first-order valence-corrected chi connectivity index (χ1v) is 5.91. The lowest BCUT2D eigenvalue weighted by atomic mass is 10.1. The van der Waals surface area contributed by atoms with Gasteiger partial charge in [0.05, 0.1) is 10.5 Å². The molecule has 1 aromatic rings. The highest BCUT2D eigenvalue weighted by molar-refractivity contribution is 9.09. The summed E-state index contributed by atoms with van der Waals surface area (Å²) >= 11 is 3.24. The molecule has 0 aliphatic carbocycles. The highest BCUT2D eigenvalue weighted by Gasteiger charge is 2.17. The lowest BCUT2D eigenvalue weighted by Crippen LogP contribution is -1.93. The average molecular weight is 300 g/mol. The van der Waals surface area contributed by atoms with Crippen LogP contribution in [0.1, 0.15) is 22.3 Å². The molecule has 1 rings (SSSR count). The van der Waals surface area contributed by atoms with Gasteiger partial charge in [0.25, 0.3) is 0 Å². The van der Waals surface area contributed by atoms with E-state index in [0.717, 1.165) is 11.8 Å². The Bertz CT molecular complexity index is 471. The molecule has 0 heterocycles. The van der Waals surface area contributed by atoms with Crippen molar-refractivity contribution in [2.24, 2.45) is 0 Å². The third-order valence-electron chi connectivity index (χ3n) is 2.05. The van der Waals surface area contributed by atoms with Crippen LogP contribution in [0, 0.1) is 10.1 Å². The zero-order valence-electron chi connectivity index (χ0n) is 8.80. The number of nitro benzene ring substituents is 1. The number of phenolic OH excluding ortho intramolecular Hbond substituents is 1. The number of hydrogen-bond donors (Lipinski definition) is 1. The van der Waals surface area contributed by atoms with Crippen molar-refractivity contribution in [3.8, 4) is 5.75 Å². The number of phenols is 1. The molecule has 0 spiro atoms. The van der Waals surface area contributed by atoms with Crippen molar-refractivity contribution in [2.45, 2.75) is 6.42 Å². The minimum atomic E-state index is -0.718. The number of benzene rings is 1. The van der Waals surface area contributed by atoms with Gasteiger partial charge in [0.2, 0.25) is 5.75 Å². The van der Waals surface area contributed by atoms with Crippen LogP contribution < -0.4 is 0 Å². The van der Waals surface area contributed by atoms with Crippen LogP contribution in [0.2, 0.25) is 0 Å². The summed E-state index contributed by atoms with van der Waals surface area (Å²) in [5.41, 5.74) is -0.0386. The molecule has 0 amide bonds. The van der Waals surface area contributed by atoms with Crippen LogP contribution in [0.25, 0.3) is 6.08 Å². The van der Waals surface area contributed by atoms with Crippen molar-refractivity contribution in [1.29, 1.82) is 0 Å². The second kappa shape index (κ2) is 6.15. The van der Waals surface area contributed by atoms with Gasteiger partial charge in [-0.2, -0.15) is 0 Å². The van der Waals surface area contributed by atoms with Crippen molar-refractivity contribution < 1.29 is 14.8 Å². The molecule has 0 unspecified atom stereocenters. The Balaban J connectivity index is 3.20. The number of halogens is 1. The van der Waals surface area contributed by atoms with Crippen molar-refractivity contribution in [3.63, 3.8) is 0 Å². The second-order valence-corrected chi connectivity index (χ2v) is 4.03. The van der Waals surface area contributed by atoms with Gasteiger partial charge in [-0.1, -0.05) is 28.1 Å². The smallest absolute Gasteiger partial charge is 0.312 e. The topological polar surface area (TPSA) is 80.4 Å². The van der Waals surface area contributed by atoms with Crippen molar-refractivity contribution in [1.82, 2.24) is 0 Å². The molecule has 90 valence electrons. The molecular weight excluding hydrogens is 290 g/mol. The monoisotopic (exact) mass is 299 g/mol. The lowest BCUT2D eigenvalue weighted by molar-refractivity contribution is -0.385. The van der Waals surface area contributed by atoms with E-state index in [9.17, 15) is 20.0 Å². The fraction of sp³-hybridized carbons (Fsp3) is 0.182. The number of nitrogens with zero attached hydrogens (tertiary/aromatic N) is 1. The molecule has 0 bridgehead atoms. The quantitative estimate of drug-likeness (QED) is 0.392. The molecule has 5 nitrogen and oxygen atoms in total. The van der Waals surface area contributed by atoms with Crippen LogP contribution in [-0.2, 0) is 0 Å². The second-order valence-electron chi connectivity index (χ2n) is 3.23. The number of nitro groups is 1. The number of alkyl halides is 1. The third kappa shape index (κ3) is 3.39. The van der Waals surface area contributed by atoms with E-state index in [1.54, 1.807) is 6.08 Å². The van der Waals surface area contributed by atoms with E-state index in [4.69, 9.17) is 0 Å². The highest BCUT2D eigenvalue weighted by Crippen LogP contribution is 2.30. The minimum Gasteiger partial charge on any atom is -0.502 e. The van der Waals surface area contributed by atoms with E-state index in [2.05, 4.69) is 15.9 Å². The van der Waals surface area contributed by atoms with E-state index in [-0.39, 0.29) is 5.56 Å². The van der Waals surface area contributed by atoms with Crippen LogP contribution in [0.3, 0.4) is 0 Å². The summed E-state index contributed by atoms with van der Waals surface area (Å²) in [5, 5.41) is 20.9. The summed E-state index contributed by atoms with van der Waals surface area (Å²) in [4.78, 5) is 20.6. The normalized spacial score (nSPS) is 10.6. The Morgan fingerprint density at radius 2 is 2.18 bits per heavy atom. The number of carbonyl (C=O) groups is 1. The molecule has 17 heavy (non-hydrogen) atoms. The molecule has 0 aliphatic heterocycles. The van der Waals surface area contributed by atoms with Gasteiger partial charge in [-0.15, -0.1) is 0 Å². The van der Waals surface area contributed by atoms with Gasteiger partial charge in [-0.25, -0.2) is 0 Å². The highest BCUT2D eigenvalue weighted by atomic mass is 79.9. The molecular formula is C11H10BrNO4. The van der Waals surface area contributed by atoms with Crippen LogP contribution in [0.4, 0.5) is 5.69 Å². The lowest BCUT2D eigenvalue weighted by Gasteiger charge is -2.01.